The molecule has 3 unspecified atom stereocenters. The Morgan fingerprint density at radius 2 is 2.08 bits per heavy atom. The Morgan fingerprint density at radius 3 is 2.54 bits per heavy atom. The van der Waals surface area contributed by atoms with Crippen molar-refractivity contribution < 1.29 is 9.18 Å². The normalized spacial score (nSPS) is 21.2. The van der Waals surface area contributed by atoms with E-state index in [1.807, 2.05) is 6.92 Å². The first-order valence-corrected chi connectivity index (χ1v) is 7.85. The molecule has 3 atom stereocenters. The Hall–Kier alpha value is -0.590. The molecule has 2 rings (SSSR count). The van der Waals surface area contributed by atoms with E-state index in [2.05, 4.69) is 0 Å². The first-order chi connectivity index (χ1) is 10.4. The first kappa shape index (κ1) is 23.4. The largest absolute Gasteiger partial charge is 0.338 e. The van der Waals surface area contributed by atoms with Crippen molar-refractivity contribution in [2.45, 2.75) is 25.4 Å². The van der Waals surface area contributed by atoms with Crippen molar-refractivity contribution in [1.82, 2.24) is 9.80 Å². The van der Waals surface area contributed by atoms with Gasteiger partial charge >= 0.3 is 0 Å². The number of hydrogen-bond acceptors (Lipinski definition) is 3. The fourth-order valence-corrected chi connectivity index (χ4v) is 3.42. The van der Waals surface area contributed by atoms with Crippen molar-refractivity contribution in [1.29, 1.82) is 0 Å². The van der Waals surface area contributed by atoms with E-state index >= 15 is 0 Å². The number of carbonyl (C=O) groups excluding carboxylic acids is 1. The fraction of sp³-hybridized carbons (Fsp3) is 0.562. The van der Waals surface area contributed by atoms with Gasteiger partial charge in [-0.2, -0.15) is 0 Å². The molecule has 0 spiro atoms. The molecule has 1 aromatic carbocycles. The second-order valence-corrected chi connectivity index (χ2v) is 6.59. The summed E-state index contributed by atoms with van der Waals surface area (Å²) in [5.74, 6) is -0.278. The van der Waals surface area contributed by atoms with Crippen molar-refractivity contribution in [2.24, 2.45) is 11.7 Å². The van der Waals surface area contributed by atoms with E-state index in [1.54, 1.807) is 36.0 Å². The lowest BCUT2D eigenvalue weighted by molar-refractivity contribution is -0.137. The number of nitrogens with two attached hydrogens (primary N) is 1. The fourth-order valence-electron chi connectivity index (χ4n) is 3.15. The molecule has 1 heterocycles. The lowest BCUT2D eigenvalue weighted by Gasteiger charge is -2.31. The van der Waals surface area contributed by atoms with Gasteiger partial charge in [0.2, 0.25) is 5.91 Å². The van der Waals surface area contributed by atoms with E-state index in [0.717, 1.165) is 6.42 Å². The lowest BCUT2D eigenvalue weighted by Crippen LogP contribution is -2.43. The van der Waals surface area contributed by atoms with Crippen LogP contribution in [0.15, 0.2) is 18.2 Å². The van der Waals surface area contributed by atoms with Crippen LogP contribution in [0.25, 0.3) is 0 Å². The maximum Gasteiger partial charge on any atom is 0.244 e. The van der Waals surface area contributed by atoms with E-state index in [1.165, 1.54) is 6.07 Å². The summed E-state index contributed by atoms with van der Waals surface area (Å²) < 4.78 is 14.2. The molecule has 0 bridgehead atoms. The van der Waals surface area contributed by atoms with Crippen LogP contribution in [0.2, 0.25) is 5.02 Å². The third-order valence-electron chi connectivity index (χ3n) is 4.30. The number of carbonyl (C=O) groups is 1. The molecule has 2 N–H and O–H groups in total. The minimum atomic E-state index is -0.729. The molecule has 1 fully saturated rings. The van der Waals surface area contributed by atoms with Crippen LogP contribution in [0.4, 0.5) is 4.39 Å². The Bertz CT molecular complexity index is 539. The minimum Gasteiger partial charge on any atom is -0.338 e. The topological polar surface area (TPSA) is 49.6 Å². The van der Waals surface area contributed by atoms with Gasteiger partial charge in [-0.25, -0.2) is 4.39 Å². The Balaban J connectivity index is 0.00000264. The highest BCUT2D eigenvalue weighted by atomic mass is 35.5. The van der Waals surface area contributed by atoms with Gasteiger partial charge in [-0.05, 0) is 52.0 Å². The van der Waals surface area contributed by atoms with Gasteiger partial charge in [0.25, 0.3) is 0 Å². The lowest BCUT2D eigenvalue weighted by atomic mass is 10.0. The van der Waals surface area contributed by atoms with E-state index in [9.17, 15) is 9.18 Å². The van der Waals surface area contributed by atoms with E-state index in [4.69, 9.17) is 17.3 Å². The molecule has 0 radical (unpaired) electrons. The smallest absolute Gasteiger partial charge is 0.244 e. The molecule has 24 heavy (non-hydrogen) atoms. The van der Waals surface area contributed by atoms with Crippen LogP contribution in [-0.4, -0.2) is 48.9 Å². The maximum atomic E-state index is 14.2. The number of nitrogens with zero attached hydrogens (tertiary/aromatic N) is 2. The molecule has 1 aliphatic heterocycles. The van der Waals surface area contributed by atoms with E-state index in [-0.39, 0.29) is 47.3 Å². The van der Waals surface area contributed by atoms with Crippen LogP contribution in [0.1, 0.15) is 24.9 Å². The van der Waals surface area contributed by atoms with Gasteiger partial charge in [0.1, 0.15) is 11.9 Å². The third kappa shape index (κ3) is 4.73. The van der Waals surface area contributed by atoms with Crippen LogP contribution in [0.5, 0.6) is 0 Å². The second-order valence-electron chi connectivity index (χ2n) is 6.18. The van der Waals surface area contributed by atoms with Gasteiger partial charge in [0.15, 0.2) is 0 Å². The summed E-state index contributed by atoms with van der Waals surface area (Å²) in [6.45, 7) is 3.18. The summed E-state index contributed by atoms with van der Waals surface area (Å²) >= 11 is 6.15. The van der Waals surface area contributed by atoms with Crippen LogP contribution in [0.3, 0.4) is 0 Å². The Morgan fingerprint density at radius 1 is 1.46 bits per heavy atom. The molecule has 0 aromatic heterocycles. The zero-order valence-corrected chi connectivity index (χ0v) is 16.4. The molecule has 0 aliphatic carbocycles. The molecule has 1 amide bonds. The monoisotopic (exact) mass is 399 g/mol. The summed E-state index contributed by atoms with van der Waals surface area (Å²) in [7, 11) is 3.51. The Kier molecular flexibility index (Phi) is 9.54. The second kappa shape index (κ2) is 9.78. The van der Waals surface area contributed by atoms with Gasteiger partial charge < -0.3 is 10.6 Å². The molecule has 138 valence electrons. The number of amides is 1. The molecule has 0 saturated carbocycles. The van der Waals surface area contributed by atoms with Crippen molar-refractivity contribution in [2.75, 3.05) is 27.2 Å². The van der Waals surface area contributed by atoms with Crippen LogP contribution < -0.4 is 5.73 Å². The number of hydrogen-bond donors (Lipinski definition) is 1. The molecular formula is C16H25Cl3FN3O. The molecular weight excluding hydrogens is 376 g/mol. The van der Waals surface area contributed by atoms with Gasteiger partial charge in [0.05, 0.1) is 0 Å². The van der Waals surface area contributed by atoms with Crippen LogP contribution in [-0.2, 0) is 4.79 Å². The minimum absolute atomic E-state index is 0. The SMILES string of the molecule is CC1CC(CN)CN1C(=O)C(c1c(F)cccc1Cl)N(C)C.Cl.Cl. The molecule has 8 heteroatoms. The van der Waals surface area contributed by atoms with Crippen molar-refractivity contribution in [3.05, 3.63) is 34.6 Å². The summed E-state index contributed by atoms with van der Waals surface area (Å²) in [6.07, 6.45) is 0.882. The number of benzene rings is 1. The van der Waals surface area contributed by atoms with Gasteiger partial charge in [-0.15, -0.1) is 24.8 Å². The standard InChI is InChI=1S/C16H23ClFN3O.2ClH/c1-10-7-11(8-19)9-21(10)16(22)15(20(2)3)14-12(17)5-4-6-13(14)18;;/h4-6,10-11,15H,7-9,19H2,1-3H3;2*1H. The number of likely N-dealkylation sites (tertiary alicyclic amines) is 1. The zero-order chi connectivity index (χ0) is 16.4. The predicted molar refractivity (Wildman–Crippen MR) is 101 cm³/mol. The highest BCUT2D eigenvalue weighted by Gasteiger charge is 2.38. The molecule has 1 aromatic rings. The average Bonchev–Trinajstić information content (AvgIpc) is 2.83. The van der Waals surface area contributed by atoms with Crippen LogP contribution in [0, 0.1) is 11.7 Å². The summed E-state index contributed by atoms with van der Waals surface area (Å²) in [5, 5.41) is 0.272. The molecule has 1 aliphatic rings. The van der Waals surface area contributed by atoms with Gasteiger partial charge in [-0.3, -0.25) is 9.69 Å². The van der Waals surface area contributed by atoms with E-state index < -0.39 is 11.9 Å². The van der Waals surface area contributed by atoms with Gasteiger partial charge in [-0.1, -0.05) is 17.7 Å². The summed E-state index contributed by atoms with van der Waals surface area (Å²) in [5.41, 5.74) is 5.96. The number of halogens is 4. The van der Waals surface area contributed by atoms with Crippen molar-refractivity contribution in [3.8, 4) is 0 Å². The average molecular weight is 401 g/mol. The highest BCUT2D eigenvalue weighted by molar-refractivity contribution is 6.31. The number of likely N-dealkylation sites (N-methyl/N-ethyl adjacent to an activating group) is 1. The van der Waals surface area contributed by atoms with Crippen molar-refractivity contribution >= 4 is 42.3 Å². The molecule has 4 nitrogen and oxygen atoms in total. The highest BCUT2D eigenvalue weighted by Crippen LogP contribution is 2.33. The summed E-state index contributed by atoms with van der Waals surface area (Å²) in [6, 6.07) is 3.86. The van der Waals surface area contributed by atoms with E-state index in [0.29, 0.717) is 19.0 Å². The predicted octanol–water partition coefficient (Wildman–Crippen LogP) is 3.12. The third-order valence-corrected chi connectivity index (χ3v) is 4.63. The summed E-state index contributed by atoms with van der Waals surface area (Å²) in [4.78, 5) is 16.5. The molecule has 1 saturated heterocycles. The quantitative estimate of drug-likeness (QED) is 0.845. The van der Waals surface area contributed by atoms with Crippen molar-refractivity contribution in [3.63, 3.8) is 0 Å². The number of rotatable bonds is 4. The van der Waals surface area contributed by atoms with Crippen LogP contribution >= 0.6 is 36.4 Å². The van der Waals surface area contributed by atoms with Gasteiger partial charge in [0, 0.05) is 23.2 Å². The zero-order valence-electron chi connectivity index (χ0n) is 14.0. The maximum absolute atomic E-state index is 14.2. The Labute approximate surface area is 160 Å². The first-order valence-electron chi connectivity index (χ1n) is 7.47.